The van der Waals surface area contributed by atoms with Crippen molar-refractivity contribution >= 4 is 27.5 Å². The molecule has 1 unspecified atom stereocenters. The minimum Gasteiger partial charge on any atom is -0.496 e. The lowest BCUT2D eigenvalue weighted by molar-refractivity contribution is 0.377. The monoisotopic (exact) mass is 370 g/mol. The van der Waals surface area contributed by atoms with Crippen LogP contribution in [0.25, 0.3) is 0 Å². The molecule has 2 aromatic rings. The highest BCUT2D eigenvalue weighted by Crippen LogP contribution is 2.39. The Kier molecular flexibility index (Phi) is 5.47. The van der Waals surface area contributed by atoms with E-state index in [1.165, 1.54) is 0 Å². The molecular formula is C15H16BrClN2O2. The number of methoxy groups -OCH3 is 2. The minimum atomic E-state index is -0.350. The van der Waals surface area contributed by atoms with E-state index in [4.69, 9.17) is 26.9 Å². The summed E-state index contributed by atoms with van der Waals surface area (Å²) in [5.74, 6) is 7.11. The van der Waals surface area contributed by atoms with Crippen LogP contribution >= 0.6 is 27.5 Å². The molecule has 0 spiro atoms. The second-order valence-corrected chi connectivity index (χ2v) is 5.66. The summed E-state index contributed by atoms with van der Waals surface area (Å²) >= 11 is 9.73. The predicted molar refractivity (Wildman–Crippen MR) is 87.9 cm³/mol. The van der Waals surface area contributed by atoms with Crippen LogP contribution in [-0.2, 0) is 0 Å². The standard InChI is InChI=1S/C15H16BrClN2O2/c1-20-12-4-3-5-13(21-2)14(12)15(19-18)10-7-6-9(16)8-11(10)17/h3-8,15,19H,18H2,1-2H3. The topological polar surface area (TPSA) is 56.5 Å². The Labute approximate surface area is 137 Å². The molecule has 3 N–H and O–H groups in total. The summed E-state index contributed by atoms with van der Waals surface area (Å²) in [6.07, 6.45) is 0. The number of rotatable bonds is 5. The van der Waals surface area contributed by atoms with Crippen molar-refractivity contribution < 1.29 is 9.47 Å². The number of benzene rings is 2. The van der Waals surface area contributed by atoms with Crippen molar-refractivity contribution in [2.75, 3.05) is 14.2 Å². The smallest absolute Gasteiger partial charge is 0.127 e. The van der Waals surface area contributed by atoms with Gasteiger partial charge >= 0.3 is 0 Å². The fourth-order valence-corrected chi connectivity index (χ4v) is 3.01. The van der Waals surface area contributed by atoms with Crippen molar-refractivity contribution in [3.05, 3.63) is 57.0 Å². The van der Waals surface area contributed by atoms with Gasteiger partial charge in [-0.25, -0.2) is 5.43 Å². The largest absolute Gasteiger partial charge is 0.496 e. The summed E-state index contributed by atoms with van der Waals surface area (Å²) in [6, 6.07) is 10.9. The number of nitrogens with two attached hydrogens (primary N) is 1. The number of ether oxygens (including phenoxy) is 2. The fraction of sp³-hybridized carbons (Fsp3) is 0.200. The molecule has 0 saturated heterocycles. The Bertz CT molecular complexity index is 615. The SMILES string of the molecule is COc1cccc(OC)c1C(NN)c1ccc(Br)cc1Cl. The van der Waals surface area contributed by atoms with E-state index in [1.54, 1.807) is 14.2 Å². The van der Waals surface area contributed by atoms with Gasteiger partial charge in [0.15, 0.2) is 0 Å². The van der Waals surface area contributed by atoms with E-state index in [0.717, 1.165) is 15.6 Å². The summed E-state index contributed by atoms with van der Waals surface area (Å²) < 4.78 is 11.8. The van der Waals surface area contributed by atoms with E-state index >= 15 is 0 Å². The van der Waals surface area contributed by atoms with Crippen LogP contribution in [-0.4, -0.2) is 14.2 Å². The Hall–Kier alpha value is -1.27. The third kappa shape index (κ3) is 3.32. The number of nitrogens with one attached hydrogen (secondary N) is 1. The van der Waals surface area contributed by atoms with Gasteiger partial charge in [0.05, 0.1) is 25.8 Å². The molecule has 0 aliphatic heterocycles. The average Bonchev–Trinajstić information content (AvgIpc) is 2.49. The summed E-state index contributed by atoms with van der Waals surface area (Å²) in [5.41, 5.74) is 4.42. The molecule has 0 heterocycles. The molecule has 0 aromatic heterocycles. The van der Waals surface area contributed by atoms with Gasteiger partial charge in [0.25, 0.3) is 0 Å². The summed E-state index contributed by atoms with van der Waals surface area (Å²) in [6.45, 7) is 0. The van der Waals surface area contributed by atoms with Crippen LogP contribution in [0.3, 0.4) is 0 Å². The Morgan fingerprint density at radius 2 is 1.76 bits per heavy atom. The molecule has 0 aliphatic carbocycles. The van der Waals surface area contributed by atoms with Gasteiger partial charge in [0.2, 0.25) is 0 Å². The molecule has 0 aliphatic rings. The Morgan fingerprint density at radius 3 is 2.24 bits per heavy atom. The highest BCUT2D eigenvalue weighted by molar-refractivity contribution is 9.10. The maximum atomic E-state index is 6.34. The van der Waals surface area contributed by atoms with E-state index in [1.807, 2.05) is 36.4 Å². The first-order valence-electron chi connectivity index (χ1n) is 6.24. The Balaban J connectivity index is 2.61. The number of hydrogen-bond acceptors (Lipinski definition) is 4. The molecule has 2 rings (SSSR count). The third-order valence-corrected chi connectivity index (χ3v) is 4.02. The van der Waals surface area contributed by atoms with Gasteiger partial charge in [0, 0.05) is 9.50 Å². The number of hydrogen-bond donors (Lipinski definition) is 2. The molecule has 0 radical (unpaired) electrons. The quantitative estimate of drug-likeness (QED) is 0.622. The first kappa shape index (κ1) is 16.1. The first-order valence-corrected chi connectivity index (χ1v) is 7.41. The molecule has 4 nitrogen and oxygen atoms in total. The van der Waals surface area contributed by atoms with E-state index in [2.05, 4.69) is 21.4 Å². The van der Waals surface area contributed by atoms with Crippen LogP contribution in [0.5, 0.6) is 11.5 Å². The summed E-state index contributed by atoms with van der Waals surface area (Å²) in [4.78, 5) is 0. The lowest BCUT2D eigenvalue weighted by Gasteiger charge is -2.23. The van der Waals surface area contributed by atoms with E-state index in [0.29, 0.717) is 16.5 Å². The van der Waals surface area contributed by atoms with Crippen LogP contribution in [0.15, 0.2) is 40.9 Å². The van der Waals surface area contributed by atoms with Crippen molar-refractivity contribution in [2.24, 2.45) is 5.84 Å². The van der Waals surface area contributed by atoms with Gasteiger partial charge in [-0.3, -0.25) is 5.84 Å². The predicted octanol–water partition coefficient (Wildman–Crippen LogP) is 3.67. The zero-order chi connectivity index (χ0) is 15.4. The molecule has 0 bridgehead atoms. The lowest BCUT2D eigenvalue weighted by Crippen LogP contribution is -2.29. The lowest BCUT2D eigenvalue weighted by atomic mass is 9.97. The van der Waals surface area contributed by atoms with Crippen LogP contribution in [0.1, 0.15) is 17.2 Å². The van der Waals surface area contributed by atoms with Gasteiger partial charge in [0.1, 0.15) is 11.5 Å². The maximum Gasteiger partial charge on any atom is 0.127 e. The molecule has 0 amide bonds. The van der Waals surface area contributed by atoms with Gasteiger partial charge in [-0.15, -0.1) is 0 Å². The number of halogens is 2. The molecule has 112 valence electrons. The fourth-order valence-electron chi connectivity index (χ4n) is 2.23. The molecule has 2 aromatic carbocycles. The van der Waals surface area contributed by atoms with Crippen LogP contribution in [0.4, 0.5) is 0 Å². The maximum absolute atomic E-state index is 6.34. The second-order valence-electron chi connectivity index (χ2n) is 4.34. The molecule has 21 heavy (non-hydrogen) atoms. The molecule has 1 atom stereocenters. The molecule has 0 saturated carbocycles. The zero-order valence-electron chi connectivity index (χ0n) is 11.7. The first-order chi connectivity index (χ1) is 10.1. The average molecular weight is 372 g/mol. The summed E-state index contributed by atoms with van der Waals surface area (Å²) in [5, 5.41) is 0.597. The zero-order valence-corrected chi connectivity index (χ0v) is 14.0. The summed E-state index contributed by atoms with van der Waals surface area (Å²) in [7, 11) is 3.21. The normalized spacial score (nSPS) is 12.0. The van der Waals surface area contributed by atoms with Crippen LogP contribution < -0.4 is 20.7 Å². The van der Waals surface area contributed by atoms with Crippen molar-refractivity contribution in [1.29, 1.82) is 0 Å². The van der Waals surface area contributed by atoms with E-state index in [9.17, 15) is 0 Å². The van der Waals surface area contributed by atoms with Crippen molar-refractivity contribution in [2.45, 2.75) is 6.04 Å². The molecule has 6 heteroatoms. The van der Waals surface area contributed by atoms with Crippen molar-refractivity contribution in [3.8, 4) is 11.5 Å². The van der Waals surface area contributed by atoms with E-state index < -0.39 is 0 Å². The Morgan fingerprint density at radius 1 is 1.14 bits per heavy atom. The highest BCUT2D eigenvalue weighted by atomic mass is 79.9. The third-order valence-electron chi connectivity index (χ3n) is 3.19. The van der Waals surface area contributed by atoms with E-state index in [-0.39, 0.29) is 6.04 Å². The van der Waals surface area contributed by atoms with Gasteiger partial charge < -0.3 is 9.47 Å². The van der Waals surface area contributed by atoms with Gasteiger partial charge in [-0.05, 0) is 29.8 Å². The van der Waals surface area contributed by atoms with Crippen molar-refractivity contribution in [3.63, 3.8) is 0 Å². The molecular weight excluding hydrogens is 356 g/mol. The van der Waals surface area contributed by atoms with Crippen molar-refractivity contribution in [1.82, 2.24) is 5.43 Å². The molecule has 0 fully saturated rings. The minimum absolute atomic E-state index is 0.350. The van der Waals surface area contributed by atoms with Crippen LogP contribution in [0, 0.1) is 0 Å². The second kappa shape index (κ2) is 7.13. The van der Waals surface area contributed by atoms with Gasteiger partial charge in [-0.2, -0.15) is 0 Å². The highest BCUT2D eigenvalue weighted by Gasteiger charge is 2.23. The number of hydrazine groups is 1. The van der Waals surface area contributed by atoms with Gasteiger partial charge in [-0.1, -0.05) is 39.7 Å². The van der Waals surface area contributed by atoms with Crippen LogP contribution in [0.2, 0.25) is 5.02 Å².